The summed E-state index contributed by atoms with van der Waals surface area (Å²) in [5.41, 5.74) is 5.29. The molecule has 1 saturated heterocycles. The van der Waals surface area contributed by atoms with Crippen LogP contribution in [0.15, 0.2) is 54.7 Å². The predicted molar refractivity (Wildman–Crippen MR) is 103 cm³/mol. The third-order valence-corrected chi connectivity index (χ3v) is 4.64. The van der Waals surface area contributed by atoms with E-state index in [1.807, 2.05) is 51.1 Å². The fourth-order valence-electron chi connectivity index (χ4n) is 3.66. The molecule has 3 rings (SSSR count). The Balaban J connectivity index is 1.99. The molecule has 0 aliphatic carbocycles. The topological polar surface area (TPSA) is 70.2 Å². The number of hydrogen-bond donors (Lipinski definition) is 3. The maximum Gasteiger partial charge on any atom is 0.319 e. The highest BCUT2D eigenvalue weighted by Gasteiger charge is 2.39. The highest BCUT2D eigenvalue weighted by atomic mass is 16.2. The van der Waals surface area contributed by atoms with Gasteiger partial charge in [-0.2, -0.15) is 0 Å². The van der Waals surface area contributed by atoms with Crippen molar-refractivity contribution in [2.75, 3.05) is 5.32 Å². The molecule has 1 heterocycles. The predicted octanol–water partition coefficient (Wildman–Crippen LogP) is 3.73. The molecule has 134 valence electrons. The van der Waals surface area contributed by atoms with E-state index in [-0.39, 0.29) is 11.9 Å². The summed E-state index contributed by atoms with van der Waals surface area (Å²) in [5.74, 6) is -0.828. The highest BCUT2D eigenvalue weighted by molar-refractivity contribution is 5.97. The van der Waals surface area contributed by atoms with E-state index >= 15 is 0 Å². The Hall–Kier alpha value is -3.08. The molecule has 3 N–H and O–H groups in total. The zero-order valence-electron chi connectivity index (χ0n) is 15.2. The first-order valence-corrected chi connectivity index (χ1v) is 8.57. The lowest BCUT2D eigenvalue weighted by Gasteiger charge is -2.35. The van der Waals surface area contributed by atoms with Crippen LogP contribution in [-0.4, -0.2) is 11.9 Å². The van der Waals surface area contributed by atoms with Gasteiger partial charge in [0.05, 0.1) is 6.04 Å². The molecule has 0 unspecified atom stereocenters. The van der Waals surface area contributed by atoms with Crippen molar-refractivity contribution in [1.82, 2.24) is 10.6 Å². The van der Waals surface area contributed by atoms with Crippen LogP contribution in [0.5, 0.6) is 0 Å². The molecule has 5 nitrogen and oxygen atoms in total. The minimum atomic E-state index is -0.618. The Morgan fingerprint density at radius 1 is 1.08 bits per heavy atom. The van der Waals surface area contributed by atoms with Gasteiger partial charge in [0.25, 0.3) is 0 Å². The number of urea groups is 1. The Morgan fingerprint density at radius 2 is 1.69 bits per heavy atom. The van der Waals surface area contributed by atoms with Gasteiger partial charge in [-0.1, -0.05) is 42.5 Å². The van der Waals surface area contributed by atoms with Gasteiger partial charge in [0.1, 0.15) is 5.92 Å². The summed E-state index contributed by atoms with van der Waals surface area (Å²) in [6.45, 7) is 9.96. The average Bonchev–Trinajstić information content (AvgIpc) is 2.54. The van der Waals surface area contributed by atoms with Crippen LogP contribution in [0.3, 0.4) is 0 Å². The Morgan fingerprint density at radius 3 is 2.31 bits per heavy atom. The molecule has 1 aliphatic heterocycles. The molecule has 2 aromatic rings. The van der Waals surface area contributed by atoms with Gasteiger partial charge in [0, 0.05) is 11.4 Å². The Bertz CT molecular complexity index is 851. The maximum atomic E-state index is 13.0. The smallest absolute Gasteiger partial charge is 0.319 e. The van der Waals surface area contributed by atoms with E-state index in [9.17, 15) is 9.59 Å². The maximum absolute atomic E-state index is 13.0. The molecule has 0 spiro atoms. The molecule has 0 radical (unpaired) electrons. The van der Waals surface area contributed by atoms with Crippen LogP contribution in [0.1, 0.15) is 28.3 Å². The molecule has 0 aromatic heterocycles. The van der Waals surface area contributed by atoms with Crippen LogP contribution in [0.25, 0.3) is 0 Å². The normalized spacial score (nSPS) is 19.5. The number of anilines is 1. The van der Waals surface area contributed by atoms with E-state index in [1.54, 1.807) is 0 Å². The number of aryl methyl sites for hydroxylation is 3. The molecular formula is C21H23N3O2. The van der Waals surface area contributed by atoms with Crippen LogP contribution < -0.4 is 16.0 Å². The van der Waals surface area contributed by atoms with E-state index in [0.29, 0.717) is 11.4 Å². The fraction of sp³-hybridized carbons (Fsp3) is 0.238. The van der Waals surface area contributed by atoms with Gasteiger partial charge in [-0.15, -0.1) is 0 Å². The molecule has 0 saturated carbocycles. The Kier molecular flexibility index (Phi) is 4.80. The average molecular weight is 349 g/mol. The van der Waals surface area contributed by atoms with Gasteiger partial charge in [-0.05, 0) is 49.6 Å². The van der Waals surface area contributed by atoms with Crippen LogP contribution in [0.4, 0.5) is 10.5 Å². The first-order chi connectivity index (χ1) is 12.4. The molecule has 3 amide bonds. The van der Waals surface area contributed by atoms with Gasteiger partial charge >= 0.3 is 6.03 Å². The molecule has 2 atom stereocenters. The van der Waals surface area contributed by atoms with Crippen LogP contribution in [-0.2, 0) is 4.79 Å². The van der Waals surface area contributed by atoms with Gasteiger partial charge in [-0.25, -0.2) is 4.79 Å². The number of rotatable bonds is 3. The first kappa shape index (κ1) is 17.7. The van der Waals surface area contributed by atoms with Gasteiger partial charge in [0.15, 0.2) is 0 Å². The molecule has 1 aliphatic rings. The number of amides is 3. The first-order valence-electron chi connectivity index (χ1n) is 8.57. The zero-order chi connectivity index (χ0) is 18.8. The van der Waals surface area contributed by atoms with Crippen molar-refractivity contribution >= 4 is 17.6 Å². The minimum absolute atomic E-state index is 0.210. The van der Waals surface area contributed by atoms with Crippen molar-refractivity contribution in [2.45, 2.75) is 26.8 Å². The van der Waals surface area contributed by atoms with Crippen molar-refractivity contribution in [2.24, 2.45) is 5.92 Å². The third kappa shape index (κ3) is 3.47. The van der Waals surface area contributed by atoms with E-state index in [4.69, 9.17) is 0 Å². The van der Waals surface area contributed by atoms with Crippen LogP contribution >= 0.6 is 0 Å². The van der Waals surface area contributed by atoms with E-state index in [0.717, 1.165) is 22.3 Å². The SMILES string of the molecule is C=C1NC(=O)N[C@@H](c2c(C)cc(C)cc2C)[C@@H]1C(=O)Nc1ccccc1. The van der Waals surface area contributed by atoms with Crippen molar-refractivity contribution in [3.63, 3.8) is 0 Å². The van der Waals surface area contributed by atoms with Gasteiger partial charge in [0.2, 0.25) is 5.91 Å². The third-order valence-electron chi connectivity index (χ3n) is 4.64. The van der Waals surface area contributed by atoms with E-state index in [1.165, 1.54) is 0 Å². The number of carbonyl (C=O) groups is 2. The highest BCUT2D eigenvalue weighted by Crippen LogP contribution is 2.34. The number of benzene rings is 2. The summed E-state index contributed by atoms with van der Waals surface area (Å²) in [6, 6.07) is 12.6. The largest absolute Gasteiger partial charge is 0.330 e. The molecular weight excluding hydrogens is 326 g/mol. The number of carbonyl (C=O) groups excluding carboxylic acids is 2. The van der Waals surface area contributed by atoms with Crippen molar-refractivity contribution in [1.29, 1.82) is 0 Å². The van der Waals surface area contributed by atoms with E-state index in [2.05, 4.69) is 34.7 Å². The molecule has 1 fully saturated rings. The summed E-state index contributed by atoms with van der Waals surface area (Å²) >= 11 is 0. The second-order valence-electron chi connectivity index (χ2n) is 6.75. The van der Waals surface area contributed by atoms with Crippen molar-refractivity contribution in [3.8, 4) is 0 Å². The quantitative estimate of drug-likeness (QED) is 0.790. The second kappa shape index (κ2) is 7.04. The summed E-state index contributed by atoms with van der Waals surface area (Å²) in [7, 11) is 0. The lowest BCUT2D eigenvalue weighted by atomic mass is 9.83. The van der Waals surface area contributed by atoms with Crippen molar-refractivity contribution in [3.05, 3.63) is 77.0 Å². The van der Waals surface area contributed by atoms with Gasteiger partial charge in [-0.3, -0.25) is 4.79 Å². The molecule has 2 aromatic carbocycles. The number of para-hydroxylation sites is 1. The number of nitrogens with one attached hydrogen (secondary N) is 3. The molecule has 26 heavy (non-hydrogen) atoms. The summed E-state index contributed by atoms with van der Waals surface area (Å²) in [5, 5.41) is 8.47. The minimum Gasteiger partial charge on any atom is -0.330 e. The zero-order valence-corrected chi connectivity index (χ0v) is 15.2. The molecule has 5 heteroatoms. The summed E-state index contributed by atoms with van der Waals surface area (Å²) in [6.07, 6.45) is 0. The standard InChI is InChI=1S/C21H23N3O2/c1-12-10-13(2)17(14(3)11-12)19-18(15(4)22-21(26)24-19)20(25)23-16-8-6-5-7-9-16/h5-11,18-19H,4H2,1-3H3,(H,23,25)(H2,22,24,26)/t18-,19+/m1/s1. The van der Waals surface area contributed by atoms with Crippen molar-refractivity contribution < 1.29 is 9.59 Å². The van der Waals surface area contributed by atoms with E-state index < -0.39 is 12.0 Å². The Labute approximate surface area is 153 Å². The lowest BCUT2D eigenvalue weighted by molar-refractivity contribution is -0.119. The van der Waals surface area contributed by atoms with Gasteiger partial charge < -0.3 is 16.0 Å². The monoisotopic (exact) mass is 349 g/mol. The lowest BCUT2D eigenvalue weighted by Crippen LogP contribution is -2.52. The van der Waals surface area contributed by atoms with Crippen LogP contribution in [0, 0.1) is 26.7 Å². The number of hydrogen-bond acceptors (Lipinski definition) is 2. The summed E-state index contributed by atoms with van der Waals surface area (Å²) < 4.78 is 0. The summed E-state index contributed by atoms with van der Waals surface area (Å²) in [4.78, 5) is 25.1. The fourth-order valence-corrected chi connectivity index (χ4v) is 3.66. The van der Waals surface area contributed by atoms with Crippen LogP contribution in [0.2, 0.25) is 0 Å². The second-order valence-corrected chi connectivity index (χ2v) is 6.75. The molecule has 0 bridgehead atoms.